The number of fused-ring (bicyclic) bond motifs is 1. The lowest BCUT2D eigenvalue weighted by atomic mass is 10.1. The van der Waals surface area contributed by atoms with E-state index in [1.165, 1.54) is 16.4 Å². The molecule has 0 aliphatic carbocycles. The number of benzene rings is 3. The zero-order chi connectivity index (χ0) is 22.7. The molecule has 4 rings (SSSR count). The van der Waals surface area contributed by atoms with Crippen LogP contribution in [0.1, 0.15) is 13.8 Å². The van der Waals surface area contributed by atoms with E-state index >= 15 is 0 Å². The van der Waals surface area contributed by atoms with Crippen LogP contribution in [0.2, 0.25) is 0 Å². The first-order chi connectivity index (χ1) is 15.3. The molecule has 8 heteroatoms. The molecule has 1 amide bonds. The maximum absolute atomic E-state index is 13.0. The molecule has 168 valence electrons. The third-order valence-electron chi connectivity index (χ3n) is 5.39. The lowest BCUT2D eigenvalue weighted by Crippen LogP contribution is -2.48. The molecule has 0 bridgehead atoms. The molecule has 0 radical (unpaired) electrons. The highest BCUT2D eigenvalue weighted by molar-refractivity contribution is 7.89. The summed E-state index contributed by atoms with van der Waals surface area (Å²) in [4.78, 5) is 12.6. The van der Waals surface area contributed by atoms with Crippen LogP contribution < -0.4 is 10.6 Å². The molecule has 1 heterocycles. The minimum Gasteiger partial charge on any atom is -0.376 e. The van der Waals surface area contributed by atoms with Crippen LogP contribution in [0.4, 0.5) is 11.4 Å². The molecule has 2 atom stereocenters. The third kappa shape index (κ3) is 4.93. The van der Waals surface area contributed by atoms with Gasteiger partial charge in [-0.15, -0.1) is 0 Å². The van der Waals surface area contributed by atoms with Gasteiger partial charge in [-0.2, -0.15) is 4.31 Å². The zero-order valence-electron chi connectivity index (χ0n) is 18.1. The summed E-state index contributed by atoms with van der Waals surface area (Å²) < 4.78 is 33.0. The van der Waals surface area contributed by atoms with E-state index in [1.54, 1.807) is 12.1 Å². The van der Waals surface area contributed by atoms with E-state index in [1.807, 2.05) is 56.3 Å². The van der Waals surface area contributed by atoms with Gasteiger partial charge in [0.15, 0.2) is 0 Å². The van der Waals surface area contributed by atoms with Gasteiger partial charge in [0, 0.05) is 29.9 Å². The van der Waals surface area contributed by atoms with Crippen LogP contribution in [-0.4, -0.2) is 50.5 Å². The molecular formula is C24H27N3O4S. The number of amides is 1. The normalized spacial score (nSPS) is 19.6. The van der Waals surface area contributed by atoms with Crippen LogP contribution in [0.3, 0.4) is 0 Å². The van der Waals surface area contributed by atoms with Gasteiger partial charge in [0.25, 0.3) is 0 Å². The van der Waals surface area contributed by atoms with Gasteiger partial charge in [-0.05, 0) is 49.6 Å². The summed E-state index contributed by atoms with van der Waals surface area (Å²) >= 11 is 0. The summed E-state index contributed by atoms with van der Waals surface area (Å²) in [5, 5.41) is 8.11. The van der Waals surface area contributed by atoms with E-state index in [0.717, 1.165) is 16.5 Å². The number of nitrogens with zero attached hydrogens (tertiary/aromatic N) is 1. The Morgan fingerprint density at radius 3 is 2.34 bits per heavy atom. The fourth-order valence-electron chi connectivity index (χ4n) is 3.95. The highest BCUT2D eigenvalue weighted by Crippen LogP contribution is 2.24. The average molecular weight is 454 g/mol. The van der Waals surface area contributed by atoms with E-state index in [0.29, 0.717) is 18.8 Å². The van der Waals surface area contributed by atoms with Crippen molar-refractivity contribution in [2.24, 2.45) is 0 Å². The monoisotopic (exact) mass is 453 g/mol. The lowest BCUT2D eigenvalue weighted by molar-refractivity contribution is -0.114. The first-order valence-electron chi connectivity index (χ1n) is 10.6. The first kappa shape index (κ1) is 22.3. The summed E-state index contributed by atoms with van der Waals surface area (Å²) in [6.07, 6.45) is -0.303. The molecule has 0 spiro atoms. The van der Waals surface area contributed by atoms with Crippen molar-refractivity contribution in [3.63, 3.8) is 0 Å². The van der Waals surface area contributed by atoms with E-state index < -0.39 is 10.0 Å². The van der Waals surface area contributed by atoms with Crippen molar-refractivity contribution in [2.45, 2.75) is 31.0 Å². The predicted octanol–water partition coefficient (Wildman–Crippen LogP) is 3.69. The Kier molecular flexibility index (Phi) is 6.45. The highest BCUT2D eigenvalue weighted by Gasteiger charge is 2.32. The molecule has 2 N–H and O–H groups in total. The number of sulfonamides is 1. The number of ether oxygens (including phenoxy) is 1. The Morgan fingerprint density at radius 1 is 0.969 bits per heavy atom. The maximum atomic E-state index is 13.0. The quantitative estimate of drug-likeness (QED) is 0.594. The van der Waals surface area contributed by atoms with Crippen molar-refractivity contribution in [3.05, 3.63) is 66.7 Å². The smallest absolute Gasteiger partial charge is 0.243 e. The Hall–Kier alpha value is -2.94. The minimum absolute atomic E-state index is 0.0949. The molecule has 3 aromatic carbocycles. The van der Waals surface area contributed by atoms with E-state index in [2.05, 4.69) is 10.6 Å². The van der Waals surface area contributed by atoms with Crippen LogP contribution in [0.5, 0.6) is 0 Å². The summed E-state index contributed by atoms with van der Waals surface area (Å²) in [5.74, 6) is -0.218. The van der Waals surface area contributed by atoms with Gasteiger partial charge in [0.05, 0.1) is 23.6 Å². The lowest BCUT2D eigenvalue weighted by Gasteiger charge is -2.34. The fourth-order valence-corrected chi connectivity index (χ4v) is 5.54. The van der Waals surface area contributed by atoms with Crippen molar-refractivity contribution in [3.8, 4) is 0 Å². The molecule has 32 heavy (non-hydrogen) atoms. The second kappa shape index (κ2) is 9.28. The number of nitrogens with one attached hydrogen (secondary N) is 2. The molecule has 1 saturated heterocycles. The van der Waals surface area contributed by atoms with E-state index in [9.17, 15) is 13.2 Å². The molecular weight excluding hydrogens is 426 g/mol. The topological polar surface area (TPSA) is 87.7 Å². The zero-order valence-corrected chi connectivity index (χ0v) is 18.9. The molecule has 0 saturated carbocycles. The highest BCUT2D eigenvalue weighted by atomic mass is 32.2. The van der Waals surface area contributed by atoms with Crippen molar-refractivity contribution in [2.75, 3.05) is 30.3 Å². The van der Waals surface area contributed by atoms with E-state index in [-0.39, 0.29) is 29.6 Å². The SMILES string of the molecule is CC1CN(S(=O)(=O)c2ccc(NC(=O)CNc3cccc4ccccc34)cc2)CC(C)O1. The maximum Gasteiger partial charge on any atom is 0.243 e. The number of carbonyl (C=O) groups is 1. The van der Waals surface area contributed by atoms with Crippen molar-refractivity contribution in [1.29, 1.82) is 0 Å². The van der Waals surface area contributed by atoms with Gasteiger partial charge in [-0.1, -0.05) is 36.4 Å². The number of hydrogen-bond acceptors (Lipinski definition) is 5. The van der Waals surface area contributed by atoms with Crippen LogP contribution in [0, 0.1) is 0 Å². The number of anilines is 2. The molecule has 7 nitrogen and oxygen atoms in total. The fraction of sp³-hybridized carbons (Fsp3) is 0.292. The molecule has 1 aliphatic heterocycles. The summed E-state index contributed by atoms with van der Waals surface area (Å²) in [6, 6.07) is 20.1. The largest absolute Gasteiger partial charge is 0.376 e. The molecule has 1 fully saturated rings. The Morgan fingerprint density at radius 2 is 1.62 bits per heavy atom. The Bertz CT molecular complexity index is 1200. The first-order valence-corrected chi connectivity index (χ1v) is 12.0. The summed E-state index contributed by atoms with van der Waals surface area (Å²) in [7, 11) is -3.61. The number of hydrogen-bond donors (Lipinski definition) is 2. The van der Waals surface area contributed by atoms with E-state index in [4.69, 9.17) is 4.74 Å². The van der Waals surface area contributed by atoms with Crippen LogP contribution in [0.15, 0.2) is 71.6 Å². The van der Waals surface area contributed by atoms with Gasteiger partial charge in [0.2, 0.25) is 15.9 Å². The van der Waals surface area contributed by atoms with Crippen LogP contribution in [-0.2, 0) is 19.6 Å². The van der Waals surface area contributed by atoms with Gasteiger partial charge in [0.1, 0.15) is 0 Å². The number of morpholine rings is 1. The molecule has 2 unspecified atom stereocenters. The van der Waals surface area contributed by atoms with Gasteiger partial charge >= 0.3 is 0 Å². The Labute approximate surface area is 188 Å². The standard InChI is InChI=1S/C24H27N3O4S/c1-17-15-27(16-18(2)31-17)32(29,30)21-12-10-20(11-13-21)26-24(28)14-25-23-9-5-7-19-6-3-4-8-22(19)23/h3-13,17-18,25H,14-16H2,1-2H3,(H,26,28). The van der Waals surface area contributed by atoms with Gasteiger partial charge in [-0.3, -0.25) is 4.79 Å². The average Bonchev–Trinajstić information content (AvgIpc) is 2.77. The van der Waals surface area contributed by atoms with Gasteiger partial charge < -0.3 is 15.4 Å². The number of carbonyl (C=O) groups excluding carboxylic acids is 1. The second-order valence-electron chi connectivity index (χ2n) is 8.03. The molecule has 1 aliphatic rings. The van der Waals surface area contributed by atoms with Crippen LogP contribution in [0.25, 0.3) is 10.8 Å². The summed E-state index contributed by atoms with van der Waals surface area (Å²) in [6.45, 7) is 4.47. The summed E-state index contributed by atoms with van der Waals surface area (Å²) in [5.41, 5.74) is 1.42. The third-order valence-corrected chi connectivity index (χ3v) is 7.24. The van der Waals surface area contributed by atoms with Crippen LogP contribution >= 0.6 is 0 Å². The minimum atomic E-state index is -3.61. The molecule has 3 aromatic rings. The predicted molar refractivity (Wildman–Crippen MR) is 126 cm³/mol. The van der Waals surface area contributed by atoms with Crippen molar-refractivity contribution >= 4 is 38.1 Å². The van der Waals surface area contributed by atoms with Gasteiger partial charge in [-0.25, -0.2) is 8.42 Å². The Balaban J connectivity index is 1.38. The number of rotatable bonds is 6. The van der Waals surface area contributed by atoms with Crippen molar-refractivity contribution in [1.82, 2.24) is 4.31 Å². The second-order valence-corrected chi connectivity index (χ2v) is 9.97. The van der Waals surface area contributed by atoms with Crippen molar-refractivity contribution < 1.29 is 17.9 Å². The molecule has 0 aromatic heterocycles.